The van der Waals surface area contributed by atoms with E-state index in [-0.39, 0.29) is 0 Å². The number of anilines is 2. The Morgan fingerprint density at radius 1 is 0.971 bits per heavy atom. The van der Waals surface area contributed by atoms with Gasteiger partial charge < -0.3 is 21.7 Å². The molecule has 0 amide bonds. The molecule has 3 aromatic rings. The number of nitro benzene ring substituents is 1. The number of nitrogens with two attached hydrogens (primary N) is 2. The number of carbonyl (C=O) groups is 1. The predicted molar refractivity (Wildman–Crippen MR) is 118 cm³/mol. The lowest BCUT2D eigenvalue weighted by Gasteiger charge is -2.14. The van der Waals surface area contributed by atoms with Crippen LogP contribution in [0.3, 0.4) is 0 Å². The normalized spacial score (nSPS) is 12.3. The van der Waals surface area contributed by atoms with Crippen molar-refractivity contribution in [3.8, 4) is 5.75 Å². The molecule has 0 bridgehead atoms. The highest BCUT2D eigenvalue weighted by molar-refractivity contribution is 7.86. The van der Waals surface area contributed by atoms with Crippen molar-refractivity contribution in [3.05, 3.63) is 46.0 Å². The number of fused-ring (bicyclic) bond motifs is 1. The van der Waals surface area contributed by atoms with E-state index in [1.54, 1.807) is 0 Å². The molecular formula is C17H13N5O11S2. The monoisotopic (exact) mass is 527 g/mol. The van der Waals surface area contributed by atoms with Crippen LogP contribution in [-0.2, 0) is 20.2 Å². The van der Waals surface area contributed by atoms with Crippen molar-refractivity contribution in [2.24, 2.45) is 10.2 Å². The summed E-state index contributed by atoms with van der Waals surface area (Å²) in [6.45, 7) is 0. The third kappa shape index (κ3) is 4.66. The number of nitro groups is 1. The van der Waals surface area contributed by atoms with Gasteiger partial charge in [-0.25, -0.2) is 4.79 Å². The van der Waals surface area contributed by atoms with Crippen LogP contribution < -0.4 is 11.5 Å². The van der Waals surface area contributed by atoms with E-state index in [4.69, 9.17) is 11.5 Å². The highest BCUT2D eigenvalue weighted by Crippen LogP contribution is 2.47. The molecule has 18 heteroatoms. The van der Waals surface area contributed by atoms with E-state index in [2.05, 4.69) is 10.2 Å². The van der Waals surface area contributed by atoms with Crippen molar-refractivity contribution in [1.82, 2.24) is 0 Å². The van der Waals surface area contributed by atoms with E-state index >= 15 is 0 Å². The maximum absolute atomic E-state index is 12.0. The van der Waals surface area contributed by atoms with Crippen LogP contribution in [0.5, 0.6) is 5.75 Å². The van der Waals surface area contributed by atoms with Crippen molar-refractivity contribution in [2.45, 2.75) is 9.79 Å². The van der Waals surface area contributed by atoms with Crippen LogP contribution in [0.4, 0.5) is 28.4 Å². The average Bonchev–Trinajstić information content (AvgIpc) is 2.73. The zero-order chi connectivity index (χ0) is 26.5. The second-order valence-electron chi connectivity index (χ2n) is 6.79. The maximum atomic E-state index is 12.0. The van der Waals surface area contributed by atoms with Crippen molar-refractivity contribution in [3.63, 3.8) is 0 Å². The molecule has 0 heterocycles. The van der Waals surface area contributed by atoms with E-state index in [9.17, 15) is 51.1 Å². The lowest BCUT2D eigenvalue weighted by atomic mass is 10.1. The quantitative estimate of drug-likeness (QED) is 0.0882. The van der Waals surface area contributed by atoms with E-state index in [1.165, 1.54) is 0 Å². The molecule has 0 saturated carbocycles. The zero-order valence-electron chi connectivity index (χ0n) is 16.8. The van der Waals surface area contributed by atoms with Crippen LogP contribution in [0.15, 0.2) is 50.4 Å². The molecule has 0 unspecified atom stereocenters. The molecule has 0 saturated heterocycles. The first-order valence-electron chi connectivity index (χ1n) is 8.80. The summed E-state index contributed by atoms with van der Waals surface area (Å²) in [4.78, 5) is 19.4. The number of phenols is 1. The third-order valence-electron chi connectivity index (χ3n) is 4.61. The van der Waals surface area contributed by atoms with Gasteiger partial charge in [-0.1, -0.05) is 0 Å². The number of hydrogen-bond acceptors (Lipinski definition) is 12. The van der Waals surface area contributed by atoms with Crippen LogP contribution in [0.2, 0.25) is 0 Å². The molecule has 35 heavy (non-hydrogen) atoms. The first kappa shape index (κ1) is 25.2. The summed E-state index contributed by atoms with van der Waals surface area (Å²) in [7, 11) is -10.3. The van der Waals surface area contributed by atoms with Crippen molar-refractivity contribution < 1.29 is 45.9 Å². The van der Waals surface area contributed by atoms with Crippen molar-refractivity contribution in [2.75, 3.05) is 11.5 Å². The number of nitrogen functional groups attached to an aromatic ring is 2. The molecule has 8 N–H and O–H groups in total. The lowest BCUT2D eigenvalue weighted by molar-refractivity contribution is -0.384. The fourth-order valence-corrected chi connectivity index (χ4v) is 4.41. The van der Waals surface area contributed by atoms with Gasteiger partial charge in [0.05, 0.1) is 27.2 Å². The van der Waals surface area contributed by atoms with Crippen LogP contribution in [0.1, 0.15) is 10.4 Å². The van der Waals surface area contributed by atoms with Gasteiger partial charge in [0.2, 0.25) is 0 Å². The predicted octanol–water partition coefficient (Wildman–Crippen LogP) is 2.23. The number of nitrogens with zero attached hydrogens (tertiary/aromatic N) is 3. The minimum Gasteiger partial charge on any atom is -0.505 e. The van der Waals surface area contributed by atoms with Gasteiger partial charge in [-0.3, -0.25) is 19.2 Å². The fraction of sp³-hybridized carbons (Fsp3) is 0. The Kier molecular flexibility index (Phi) is 6.08. The van der Waals surface area contributed by atoms with E-state index in [0.717, 1.165) is 12.1 Å². The SMILES string of the molecule is Nc1cc(S(=O)(=O)O)c2cc(S(=O)(=O)O)c(N=Nc3cc([N+](=O)[O-])ccc3C(=O)O)c(O)c2c1N. The summed E-state index contributed by atoms with van der Waals surface area (Å²) in [5.74, 6) is -2.75. The van der Waals surface area contributed by atoms with Gasteiger partial charge in [0.25, 0.3) is 25.9 Å². The number of benzene rings is 3. The van der Waals surface area contributed by atoms with E-state index in [0.29, 0.717) is 18.2 Å². The number of aromatic hydroxyl groups is 1. The fourth-order valence-electron chi connectivity index (χ4n) is 3.05. The summed E-state index contributed by atoms with van der Waals surface area (Å²) in [5, 5.41) is 36.7. The maximum Gasteiger partial charge on any atom is 0.337 e. The molecule has 0 fully saturated rings. The summed E-state index contributed by atoms with van der Waals surface area (Å²) < 4.78 is 66.7. The zero-order valence-corrected chi connectivity index (χ0v) is 18.5. The molecule has 3 aromatic carbocycles. The molecule has 0 aromatic heterocycles. The summed E-state index contributed by atoms with van der Waals surface area (Å²) in [5.41, 5.74) is 7.63. The van der Waals surface area contributed by atoms with Gasteiger partial charge in [0.15, 0.2) is 5.75 Å². The number of carboxylic acid groups (broad SMARTS) is 1. The number of carboxylic acids is 1. The van der Waals surface area contributed by atoms with Crippen LogP contribution >= 0.6 is 0 Å². The minimum atomic E-state index is -5.27. The van der Waals surface area contributed by atoms with E-state index in [1.807, 2.05) is 0 Å². The Morgan fingerprint density at radius 2 is 1.57 bits per heavy atom. The molecular weight excluding hydrogens is 514 g/mol. The number of azo groups is 1. The van der Waals surface area contributed by atoms with Crippen LogP contribution in [-0.4, -0.2) is 47.0 Å². The molecule has 0 spiro atoms. The van der Waals surface area contributed by atoms with Gasteiger partial charge in [0.1, 0.15) is 21.2 Å². The van der Waals surface area contributed by atoms with Crippen LogP contribution in [0.25, 0.3) is 10.8 Å². The average molecular weight is 527 g/mol. The highest BCUT2D eigenvalue weighted by atomic mass is 32.2. The molecule has 16 nitrogen and oxygen atoms in total. The molecule has 0 atom stereocenters. The highest BCUT2D eigenvalue weighted by Gasteiger charge is 2.28. The molecule has 0 aliphatic rings. The lowest BCUT2D eigenvalue weighted by Crippen LogP contribution is -2.06. The topological polar surface area (TPSA) is 286 Å². The molecule has 0 radical (unpaired) electrons. The number of phenolic OH excluding ortho intramolecular Hbond substituents is 1. The number of aromatic carboxylic acids is 1. The minimum absolute atomic E-state index is 0.449. The number of rotatable bonds is 6. The Bertz CT molecular complexity index is 1680. The summed E-state index contributed by atoms with van der Waals surface area (Å²) in [6, 6.07) is 3.57. The first-order valence-corrected chi connectivity index (χ1v) is 11.7. The second kappa shape index (κ2) is 8.43. The summed E-state index contributed by atoms with van der Waals surface area (Å²) >= 11 is 0. The largest absolute Gasteiger partial charge is 0.505 e. The van der Waals surface area contributed by atoms with Gasteiger partial charge >= 0.3 is 5.97 Å². The molecule has 0 aliphatic carbocycles. The molecule has 0 aliphatic heterocycles. The molecule has 184 valence electrons. The van der Waals surface area contributed by atoms with E-state index < -0.39 is 91.4 Å². The Hall–Kier alpha value is -4.39. The number of hydrogen-bond donors (Lipinski definition) is 6. The van der Waals surface area contributed by atoms with Crippen molar-refractivity contribution in [1.29, 1.82) is 0 Å². The van der Waals surface area contributed by atoms with Crippen molar-refractivity contribution >= 4 is 65.4 Å². The van der Waals surface area contributed by atoms with Gasteiger partial charge in [-0.15, -0.1) is 10.2 Å². The molecule has 3 rings (SSSR count). The van der Waals surface area contributed by atoms with Gasteiger partial charge in [-0.2, -0.15) is 16.8 Å². The summed E-state index contributed by atoms with van der Waals surface area (Å²) in [6.07, 6.45) is 0. The standard InChI is InChI=1S/C17H13N5O11S2/c18-9-5-11(34(28,29)30)8-4-12(35(31,32)33)15(16(23)13(8)14(9)19)21-20-10-3-6(22(26)27)1-2-7(10)17(24)25/h1-5,23H,18-19H2,(H,24,25)(H,28,29,30)(H,31,32,33). The van der Waals surface area contributed by atoms with Gasteiger partial charge in [0, 0.05) is 17.5 Å². The number of non-ortho nitro benzene ring substituents is 1. The van der Waals surface area contributed by atoms with Gasteiger partial charge in [-0.05, 0) is 18.2 Å². The second-order valence-corrected chi connectivity index (χ2v) is 9.57. The first-order chi connectivity index (χ1) is 16.0. The third-order valence-corrected chi connectivity index (χ3v) is 6.37. The Balaban J connectivity index is 2.45. The smallest absolute Gasteiger partial charge is 0.337 e. The van der Waals surface area contributed by atoms with Crippen LogP contribution in [0, 0.1) is 10.1 Å². The Morgan fingerprint density at radius 3 is 2.09 bits per heavy atom. The Labute approximate surface area is 194 Å².